The molecule has 3 heterocycles. The van der Waals surface area contributed by atoms with Crippen molar-refractivity contribution in [1.29, 1.82) is 0 Å². The quantitative estimate of drug-likeness (QED) is 0.635. The summed E-state index contributed by atoms with van der Waals surface area (Å²) in [6.07, 6.45) is 5.01. The van der Waals surface area contributed by atoms with Crippen LogP contribution in [0, 0.1) is 5.92 Å². The summed E-state index contributed by atoms with van der Waals surface area (Å²) in [5.41, 5.74) is 7.86. The molecule has 9 nitrogen and oxygen atoms in total. The molecule has 2 N–H and O–H groups in total. The van der Waals surface area contributed by atoms with Crippen molar-refractivity contribution in [3.05, 3.63) is 18.1 Å². The first-order valence-corrected chi connectivity index (χ1v) is 10.7. The molecule has 0 radical (unpaired) electrons. The fourth-order valence-electron chi connectivity index (χ4n) is 4.70. The van der Waals surface area contributed by atoms with E-state index in [0.29, 0.717) is 31.7 Å². The van der Waals surface area contributed by atoms with Gasteiger partial charge in [0, 0.05) is 44.8 Å². The zero-order chi connectivity index (χ0) is 20.2. The SMILES string of the molecule is CCN1CCN(c2cc(C3NNC4CCC(OCCOC)CC43)ncn2)CC1=O. The predicted molar refractivity (Wildman–Crippen MR) is 108 cm³/mol. The largest absolute Gasteiger partial charge is 0.382 e. The van der Waals surface area contributed by atoms with Gasteiger partial charge in [0.05, 0.1) is 37.6 Å². The van der Waals surface area contributed by atoms with Gasteiger partial charge in [-0.2, -0.15) is 0 Å². The van der Waals surface area contributed by atoms with E-state index in [0.717, 1.165) is 50.4 Å². The zero-order valence-corrected chi connectivity index (χ0v) is 17.3. The maximum absolute atomic E-state index is 12.3. The fourth-order valence-corrected chi connectivity index (χ4v) is 4.70. The third-order valence-electron chi connectivity index (χ3n) is 6.36. The molecule has 1 aromatic heterocycles. The summed E-state index contributed by atoms with van der Waals surface area (Å²) in [6, 6.07) is 2.57. The number of rotatable bonds is 7. The topological polar surface area (TPSA) is 91.8 Å². The molecule has 0 spiro atoms. The van der Waals surface area contributed by atoms with Crippen molar-refractivity contribution in [3.63, 3.8) is 0 Å². The molecule has 9 heteroatoms. The van der Waals surface area contributed by atoms with Crippen LogP contribution in [-0.2, 0) is 14.3 Å². The molecule has 0 bridgehead atoms. The van der Waals surface area contributed by atoms with E-state index in [1.165, 1.54) is 0 Å². The first-order valence-electron chi connectivity index (χ1n) is 10.7. The molecule has 1 amide bonds. The third-order valence-corrected chi connectivity index (χ3v) is 6.36. The highest BCUT2D eigenvalue weighted by Gasteiger charge is 2.42. The first-order chi connectivity index (χ1) is 14.2. The highest BCUT2D eigenvalue weighted by molar-refractivity contribution is 5.82. The van der Waals surface area contributed by atoms with Gasteiger partial charge in [0.2, 0.25) is 5.91 Å². The van der Waals surface area contributed by atoms with Crippen molar-refractivity contribution in [2.24, 2.45) is 5.92 Å². The van der Waals surface area contributed by atoms with Crippen LogP contribution in [0.3, 0.4) is 0 Å². The number of fused-ring (bicyclic) bond motifs is 1. The molecular weight excluding hydrogens is 372 g/mol. The molecule has 4 rings (SSSR count). The number of piperazine rings is 1. The number of nitrogens with zero attached hydrogens (tertiary/aromatic N) is 4. The molecule has 4 atom stereocenters. The predicted octanol–water partition coefficient (Wildman–Crippen LogP) is 0.494. The molecule has 3 fully saturated rings. The van der Waals surface area contributed by atoms with E-state index in [-0.39, 0.29) is 18.1 Å². The minimum Gasteiger partial charge on any atom is -0.382 e. The van der Waals surface area contributed by atoms with Crippen LogP contribution < -0.4 is 15.8 Å². The molecule has 2 aliphatic heterocycles. The van der Waals surface area contributed by atoms with E-state index < -0.39 is 0 Å². The second kappa shape index (κ2) is 9.34. The molecule has 29 heavy (non-hydrogen) atoms. The van der Waals surface area contributed by atoms with Crippen LogP contribution in [0.2, 0.25) is 0 Å². The number of likely N-dealkylation sites (N-methyl/N-ethyl adjacent to an activating group) is 1. The van der Waals surface area contributed by atoms with Crippen LogP contribution in [-0.4, -0.2) is 79.4 Å². The van der Waals surface area contributed by atoms with Gasteiger partial charge in [-0.05, 0) is 26.2 Å². The van der Waals surface area contributed by atoms with Gasteiger partial charge in [0.25, 0.3) is 0 Å². The molecule has 1 aliphatic carbocycles. The van der Waals surface area contributed by atoms with Crippen LogP contribution >= 0.6 is 0 Å². The zero-order valence-electron chi connectivity index (χ0n) is 17.3. The molecule has 1 aromatic rings. The Morgan fingerprint density at radius 1 is 1.21 bits per heavy atom. The van der Waals surface area contributed by atoms with Gasteiger partial charge in [0.15, 0.2) is 0 Å². The molecule has 3 aliphatic rings. The van der Waals surface area contributed by atoms with Gasteiger partial charge >= 0.3 is 0 Å². The second-order valence-electron chi connectivity index (χ2n) is 8.03. The van der Waals surface area contributed by atoms with Gasteiger partial charge in [-0.25, -0.2) is 15.4 Å². The Labute approximate surface area is 172 Å². The summed E-state index contributed by atoms with van der Waals surface area (Å²) in [6.45, 7) is 5.96. The van der Waals surface area contributed by atoms with Crippen molar-refractivity contribution in [1.82, 2.24) is 25.7 Å². The summed E-state index contributed by atoms with van der Waals surface area (Å²) in [5, 5.41) is 0. The van der Waals surface area contributed by atoms with Gasteiger partial charge in [0.1, 0.15) is 12.1 Å². The van der Waals surface area contributed by atoms with E-state index >= 15 is 0 Å². The van der Waals surface area contributed by atoms with Crippen molar-refractivity contribution < 1.29 is 14.3 Å². The summed E-state index contributed by atoms with van der Waals surface area (Å²) < 4.78 is 11.1. The van der Waals surface area contributed by atoms with Crippen LogP contribution in [0.15, 0.2) is 12.4 Å². The summed E-state index contributed by atoms with van der Waals surface area (Å²) >= 11 is 0. The van der Waals surface area contributed by atoms with Crippen LogP contribution in [0.5, 0.6) is 0 Å². The number of carbonyl (C=O) groups excluding carboxylic acids is 1. The number of carbonyl (C=O) groups is 1. The van der Waals surface area contributed by atoms with Gasteiger partial charge in [-0.3, -0.25) is 10.2 Å². The molecular formula is C20H32N6O3. The molecule has 4 unspecified atom stereocenters. The van der Waals surface area contributed by atoms with Crippen LogP contribution in [0.25, 0.3) is 0 Å². The summed E-state index contributed by atoms with van der Waals surface area (Å²) in [4.78, 5) is 25.2. The minimum atomic E-state index is 0.114. The standard InChI is InChI=1S/C20H32N6O3/c1-3-25-6-7-26(12-19(25)27)18-11-17(21-13-22-18)20-15-10-14(29-9-8-28-2)4-5-16(15)23-24-20/h11,13-16,20,23-24H,3-10,12H2,1-2H3. The number of amides is 1. The number of aromatic nitrogens is 2. The minimum absolute atomic E-state index is 0.114. The highest BCUT2D eigenvalue weighted by atomic mass is 16.5. The Bertz CT molecular complexity index is 705. The highest BCUT2D eigenvalue weighted by Crippen LogP contribution is 2.38. The number of hydrazine groups is 1. The van der Waals surface area contributed by atoms with Gasteiger partial charge in [-0.15, -0.1) is 0 Å². The number of anilines is 1. The fraction of sp³-hybridized carbons (Fsp3) is 0.750. The first kappa shape index (κ1) is 20.5. The van der Waals surface area contributed by atoms with E-state index in [9.17, 15) is 4.79 Å². The van der Waals surface area contributed by atoms with Crippen molar-refractivity contribution in [3.8, 4) is 0 Å². The lowest BCUT2D eigenvalue weighted by Crippen LogP contribution is -2.50. The lowest BCUT2D eigenvalue weighted by Gasteiger charge is -2.35. The van der Waals surface area contributed by atoms with E-state index in [4.69, 9.17) is 9.47 Å². The van der Waals surface area contributed by atoms with Crippen molar-refractivity contribution >= 4 is 11.7 Å². The van der Waals surface area contributed by atoms with Gasteiger partial charge < -0.3 is 19.3 Å². The van der Waals surface area contributed by atoms with Gasteiger partial charge in [-0.1, -0.05) is 0 Å². The summed E-state index contributed by atoms with van der Waals surface area (Å²) in [7, 11) is 1.70. The molecule has 160 valence electrons. The monoisotopic (exact) mass is 404 g/mol. The van der Waals surface area contributed by atoms with Crippen molar-refractivity contribution in [2.75, 3.05) is 51.4 Å². The number of methoxy groups -OCH3 is 1. The van der Waals surface area contributed by atoms with E-state index in [1.54, 1.807) is 13.4 Å². The maximum atomic E-state index is 12.3. The number of ether oxygens (including phenoxy) is 2. The number of nitrogens with one attached hydrogen (secondary N) is 2. The smallest absolute Gasteiger partial charge is 0.242 e. The number of hydrogen-bond donors (Lipinski definition) is 2. The average molecular weight is 405 g/mol. The Hall–Kier alpha value is -1.81. The molecule has 2 saturated heterocycles. The lowest BCUT2D eigenvalue weighted by molar-refractivity contribution is -0.130. The summed E-state index contributed by atoms with van der Waals surface area (Å²) in [5.74, 6) is 1.40. The average Bonchev–Trinajstić information content (AvgIpc) is 3.17. The van der Waals surface area contributed by atoms with Crippen molar-refractivity contribution in [2.45, 2.75) is 44.4 Å². The Morgan fingerprint density at radius 3 is 2.90 bits per heavy atom. The third kappa shape index (κ3) is 4.53. The Morgan fingerprint density at radius 2 is 2.10 bits per heavy atom. The second-order valence-corrected chi connectivity index (χ2v) is 8.03. The van der Waals surface area contributed by atoms with E-state index in [2.05, 4.69) is 25.7 Å². The van der Waals surface area contributed by atoms with E-state index in [1.807, 2.05) is 17.9 Å². The Balaban J connectivity index is 1.43. The molecule has 0 aromatic carbocycles. The van der Waals surface area contributed by atoms with Crippen LogP contribution in [0.4, 0.5) is 5.82 Å². The normalized spacial score (nSPS) is 29.9. The maximum Gasteiger partial charge on any atom is 0.242 e. The number of hydrogen-bond acceptors (Lipinski definition) is 8. The lowest BCUT2D eigenvalue weighted by atomic mass is 9.79. The molecule has 1 saturated carbocycles. The Kier molecular flexibility index (Phi) is 6.59. The van der Waals surface area contributed by atoms with Crippen LogP contribution in [0.1, 0.15) is 37.9 Å².